The summed E-state index contributed by atoms with van der Waals surface area (Å²) in [4.78, 5) is 0. The first-order valence-electron chi connectivity index (χ1n) is 24.1. The first kappa shape index (κ1) is 60.4. The zero-order valence-corrected chi connectivity index (χ0v) is 42.7. The first-order chi connectivity index (χ1) is 35.0. The minimum atomic E-state index is 1.32. The van der Waals surface area contributed by atoms with Gasteiger partial charge >= 0.3 is 0 Å². The van der Waals surface area contributed by atoms with Crippen molar-refractivity contribution in [3.63, 3.8) is 0 Å². The van der Waals surface area contributed by atoms with E-state index in [1.54, 1.807) is 0 Å². The SMILES string of the molecule is Cc1ccccc1.Cc1ccccc1.Cc1ccccc1.Cc1ccccc1.Cc1ccccc1.c1ccccc1.c1ccccc1.c1ccccc1.c1ccccc1.c1ccccc1.c1ccccc1. The lowest BCUT2D eigenvalue weighted by atomic mass is 10.2. The smallest absolute Gasteiger partial charge is 0.0398 e. The van der Waals surface area contributed by atoms with E-state index in [2.05, 4.69) is 95.3 Å². The van der Waals surface area contributed by atoms with E-state index in [1.807, 2.05) is 309 Å². The Balaban J connectivity index is 0.000000391. The molecule has 0 heteroatoms. The molecule has 0 saturated carbocycles. The van der Waals surface area contributed by atoms with Crippen LogP contribution in [0.3, 0.4) is 0 Å². The second-order valence-corrected chi connectivity index (χ2v) is 15.2. The van der Waals surface area contributed by atoms with Gasteiger partial charge in [-0.25, -0.2) is 0 Å². The van der Waals surface area contributed by atoms with Crippen LogP contribution >= 0.6 is 0 Å². The third-order valence-corrected chi connectivity index (χ3v) is 8.70. The Morgan fingerprint density at radius 2 is 0.155 bits per heavy atom. The Labute approximate surface area is 430 Å². The van der Waals surface area contributed by atoms with Gasteiger partial charge in [0, 0.05) is 0 Å². The Bertz CT molecular complexity index is 1920. The summed E-state index contributed by atoms with van der Waals surface area (Å²) in [6.07, 6.45) is 0. The Hall–Kier alpha value is -8.58. The fourth-order valence-corrected chi connectivity index (χ4v) is 4.98. The van der Waals surface area contributed by atoms with Crippen molar-refractivity contribution in [2.24, 2.45) is 0 Å². The number of hydrogen-bond donors (Lipinski definition) is 0. The van der Waals surface area contributed by atoms with Crippen molar-refractivity contribution in [1.82, 2.24) is 0 Å². The van der Waals surface area contributed by atoms with Gasteiger partial charge in [0.15, 0.2) is 0 Å². The molecule has 360 valence electrons. The third-order valence-electron chi connectivity index (χ3n) is 8.70. The maximum Gasteiger partial charge on any atom is -0.0398 e. The second-order valence-electron chi connectivity index (χ2n) is 15.2. The topological polar surface area (TPSA) is 0 Å². The predicted molar refractivity (Wildman–Crippen MR) is 315 cm³/mol. The van der Waals surface area contributed by atoms with E-state index in [9.17, 15) is 0 Å². The summed E-state index contributed by atoms with van der Waals surface area (Å²) in [6.45, 7) is 10.4. The normalized spacial score (nSPS) is 8.35. The van der Waals surface area contributed by atoms with Gasteiger partial charge in [0.2, 0.25) is 0 Å². The van der Waals surface area contributed by atoms with Crippen LogP contribution in [0.2, 0.25) is 0 Å². The van der Waals surface area contributed by atoms with Crippen molar-refractivity contribution < 1.29 is 0 Å². The zero-order valence-electron chi connectivity index (χ0n) is 42.7. The van der Waals surface area contributed by atoms with Crippen molar-refractivity contribution in [2.75, 3.05) is 0 Å². The van der Waals surface area contributed by atoms with E-state index < -0.39 is 0 Å². The molecule has 0 amide bonds. The zero-order chi connectivity index (χ0) is 51.0. The summed E-state index contributed by atoms with van der Waals surface area (Å²) < 4.78 is 0. The number of aryl methyl sites for hydroxylation is 5. The quantitative estimate of drug-likeness (QED) is 0.142. The lowest BCUT2D eigenvalue weighted by molar-refractivity contribution is 1.48. The summed E-state index contributed by atoms with van der Waals surface area (Å²) in [5, 5.41) is 0. The highest BCUT2D eigenvalue weighted by molar-refractivity contribution is 5.15. The molecule has 0 N–H and O–H groups in total. The second kappa shape index (κ2) is 49.3. The molecule has 0 unspecified atom stereocenters. The standard InChI is InChI=1S/5C7H8.6C6H6/c5*1-7-5-3-2-4-6-7;6*1-2-4-6-5-3-1/h5*2-6H,1H3;6*1-6H. The monoisotopic (exact) mass is 929 g/mol. The minimum Gasteiger partial charge on any atom is -0.0623 e. The largest absolute Gasteiger partial charge is 0.0623 e. The van der Waals surface area contributed by atoms with Crippen molar-refractivity contribution in [1.29, 1.82) is 0 Å². The van der Waals surface area contributed by atoms with Gasteiger partial charge in [-0.3, -0.25) is 0 Å². The number of hydrogen-bond acceptors (Lipinski definition) is 0. The van der Waals surface area contributed by atoms with Crippen molar-refractivity contribution >= 4 is 0 Å². The molecule has 0 saturated heterocycles. The van der Waals surface area contributed by atoms with Crippen LogP contribution < -0.4 is 0 Å². The molecule has 0 aliphatic rings. The fourth-order valence-electron chi connectivity index (χ4n) is 4.98. The number of benzene rings is 11. The van der Waals surface area contributed by atoms with Crippen molar-refractivity contribution in [2.45, 2.75) is 34.6 Å². The van der Waals surface area contributed by atoms with Gasteiger partial charge in [-0.15, -0.1) is 0 Å². The van der Waals surface area contributed by atoms with Gasteiger partial charge in [0.1, 0.15) is 0 Å². The van der Waals surface area contributed by atoms with E-state index >= 15 is 0 Å². The molecule has 0 bridgehead atoms. The lowest BCUT2D eigenvalue weighted by Crippen LogP contribution is -1.62. The molecule has 0 spiro atoms. The van der Waals surface area contributed by atoms with Crippen molar-refractivity contribution in [3.05, 3.63) is 398 Å². The average Bonchev–Trinajstić information content (AvgIpc) is 3.47. The highest BCUT2D eigenvalue weighted by atomic mass is 13.8. The first-order valence-corrected chi connectivity index (χ1v) is 24.1. The molecule has 0 aliphatic heterocycles. The summed E-state index contributed by atoms with van der Waals surface area (Å²) >= 11 is 0. The number of rotatable bonds is 0. The molecule has 0 radical (unpaired) electrons. The van der Waals surface area contributed by atoms with Crippen LogP contribution in [0, 0.1) is 34.6 Å². The summed E-state index contributed by atoms with van der Waals surface area (Å²) in [5.41, 5.74) is 6.61. The van der Waals surface area contributed by atoms with E-state index in [4.69, 9.17) is 0 Å². The molecule has 11 rings (SSSR count). The van der Waals surface area contributed by atoms with Crippen LogP contribution in [-0.4, -0.2) is 0 Å². The average molecular weight is 929 g/mol. The molecule has 0 atom stereocenters. The van der Waals surface area contributed by atoms with Crippen LogP contribution in [0.25, 0.3) is 0 Å². The van der Waals surface area contributed by atoms with Gasteiger partial charge in [-0.2, -0.15) is 0 Å². The molecule has 71 heavy (non-hydrogen) atoms. The van der Waals surface area contributed by atoms with Gasteiger partial charge in [-0.1, -0.05) is 398 Å². The van der Waals surface area contributed by atoms with Gasteiger partial charge < -0.3 is 0 Å². The van der Waals surface area contributed by atoms with Gasteiger partial charge in [-0.05, 0) is 34.6 Å². The van der Waals surface area contributed by atoms with Crippen LogP contribution in [-0.2, 0) is 0 Å². The maximum atomic E-state index is 2.08. The molecular formula is C71H76. The third kappa shape index (κ3) is 47.7. The van der Waals surface area contributed by atoms with Crippen LogP contribution in [0.15, 0.2) is 370 Å². The Kier molecular flexibility index (Phi) is 42.0. The van der Waals surface area contributed by atoms with E-state index in [0.717, 1.165) is 0 Å². The van der Waals surface area contributed by atoms with Crippen LogP contribution in [0.1, 0.15) is 27.8 Å². The maximum absolute atomic E-state index is 2.08. The van der Waals surface area contributed by atoms with Crippen molar-refractivity contribution in [3.8, 4) is 0 Å². The Morgan fingerprint density at radius 1 is 0.0986 bits per heavy atom. The molecule has 0 fully saturated rings. The lowest BCUT2D eigenvalue weighted by Gasteiger charge is -1.82. The highest BCUT2D eigenvalue weighted by Gasteiger charge is 1.75. The molecule has 0 aliphatic carbocycles. The minimum absolute atomic E-state index is 1.32. The van der Waals surface area contributed by atoms with Crippen LogP contribution in [0.5, 0.6) is 0 Å². The van der Waals surface area contributed by atoms with E-state index in [-0.39, 0.29) is 0 Å². The molecule has 11 aromatic carbocycles. The summed E-state index contributed by atoms with van der Waals surface area (Å²) in [5.74, 6) is 0. The van der Waals surface area contributed by atoms with E-state index in [0.29, 0.717) is 0 Å². The van der Waals surface area contributed by atoms with Gasteiger partial charge in [0.25, 0.3) is 0 Å². The van der Waals surface area contributed by atoms with Gasteiger partial charge in [0.05, 0.1) is 0 Å². The van der Waals surface area contributed by atoms with E-state index in [1.165, 1.54) is 27.8 Å². The summed E-state index contributed by atoms with van der Waals surface area (Å²) in [7, 11) is 0. The highest BCUT2D eigenvalue weighted by Crippen LogP contribution is 1.95. The van der Waals surface area contributed by atoms with Crippen LogP contribution in [0.4, 0.5) is 0 Å². The molecule has 0 aromatic heterocycles. The molecule has 0 nitrogen and oxygen atoms in total. The molecular weight excluding hydrogens is 853 g/mol. The fraction of sp³-hybridized carbons (Fsp3) is 0.0704. The summed E-state index contributed by atoms with van der Waals surface area (Å²) in [6, 6.07) is 123. The molecule has 11 aromatic rings. The predicted octanol–water partition coefficient (Wildman–Crippen LogP) is 20.1. The Morgan fingerprint density at radius 3 is 0.197 bits per heavy atom. The molecule has 0 heterocycles.